The number of unbranched alkanes of at least 4 members (excludes halogenated alkanes) is 2. The van der Waals surface area contributed by atoms with Crippen LogP contribution in [-0.2, 0) is 9.53 Å². The Hall–Kier alpha value is -1.88. The number of likely N-dealkylation sites (tertiary alicyclic amines) is 1. The number of nitrogens with zero attached hydrogens (tertiary/aromatic N) is 1. The number of imide groups is 1. The molecule has 5 heteroatoms. The molecule has 0 aliphatic carbocycles. The molecule has 120 valence electrons. The maximum atomic E-state index is 12.5. The molecule has 0 radical (unpaired) electrons. The fraction of sp³-hybridized carbons (Fsp3) is 0.529. The van der Waals surface area contributed by atoms with Crippen molar-refractivity contribution >= 4 is 11.8 Å². The largest absolute Gasteiger partial charge is 0.497 e. The third-order valence-corrected chi connectivity index (χ3v) is 3.78. The predicted octanol–water partition coefficient (Wildman–Crippen LogP) is 2.99. The minimum atomic E-state index is -0.432. The van der Waals surface area contributed by atoms with E-state index in [4.69, 9.17) is 9.47 Å². The van der Waals surface area contributed by atoms with Gasteiger partial charge in [0.15, 0.2) is 0 Å². The number of benzene rings is 1. The van der Waals surface area contributed by atoms with E-state index < -0.39 is 6.23 Å². The van der Waals surface area contributed by atoms with Crippen LogP contribution in [0.2, 0.25) is 0 Å². The van der Waals surface area contributed by atoms with Crippen molar-refractivity contribution in [2.24, 2.45) is 0 Å². The number of amides is 2. The van der Waals surface area contributed by atoms with Crippen LogP contribution in [-0.4, -0.2) is 36.7 Å². The van der Waals surface area contributed by atoms with Gasteiger partial charge in [-0.2, -0.15) is 0 Å². The molecule has 0 spiro atoms. The quantitative estimate of drug-likeness (QED) is 0.574. The van der Waals surface area contributed by atoms with E-state index in [-0.39, 0.29) is 11.8 Å². The summed E-state index contributed by atoms with van der Waals surface area (Å²) in [6.45, 7) is 2.71. The minimum absolute atomic E-state index is 0.165. The van der Waals surface area contributed by atoms with E-state index in [1.807, 2.05) is 0 Å². The molecule has 1 fully saturated rings. The van der Waals surface area contributed by atoms with E-state index in [1.54, 1.807) is 31.4 Å². The Balaban J connectivity index is 2.02. The van der Waals surface area contributed by atoms with Crippen LogP contribution in [0.3, 0.4) is 0 Å². The molecule has 1 aromatic rings. The van der Waals surface area contributed by atoms with Crippen LogP contribution in [0.25, 0.3) is 0 Å². The van der Waals surface area contributed by atoms with Crippen molar-refractivity contribution in [2.75, 3.05) is 13.7 Å². The van der Waals surface area contributed by atoms with E-state index >= 15 is 0 Å². The molecule has 1 aromatic carbocycles. The molecule has 1 saturated heterocycles. The second kappa shape index (κ2) is 7.94. The molecule has 1 heterocycles. The van der Waals surface area contributed by atoms with Gasteiger partial charge < -0.3 is 9.47 Å². The monoisotopic (exact) mass is 305 g/mol. The fourth-order valence-corrected chi connectivity index (χ4v) is 2.50. The van der Waals surface area contributed by atoms with E-state index in [1.165, 1.54) is 4.90 Å². The average molecular weight is 305 g/mol. The lowest BCUT2D eigenvalue weighted by Crippen LogP contribution is -2.40. The minimum Gasteiger partial charge on any atom is -0.497 e. The summed E-state index contributed by atoms with van der Waals surface area (Å²) in [5.41, 5.74) is 0.471. The lowest BCUT2D eigenvalue weighted by Gasteiger charge is -2.23. The molecule has 1 atom stereocenters. The first kappa shape index (κ1) is 16.5. The highest BCUT2D eigenvalue weighted by Crippen LogP contribution is 2.23. The van der Waals surface area contributed by atoms with Crippen molar-refractivity contribution in [3.05, 3.63) is 29.8 Å². The molecule has 0 bridgehead atoms. The summed E-state index contributed by atoms with van der Waals surface area (Å²) in [4.78, 5) is 25.8. The number of ether oxygens (including phenoxy) is 2. The number of hydrogen-bond donors (Lipinski definition) is 0. The Kier molecular flexibility index (Phi) is 5.95. The van der Waals surface area contributed by atoms with Crippen LogP contribution >= 0.6 is 0 Å². The van der Waals surface area contributed by atoms with Crippen molar-refractivity contribution in [3.63, 3.8) is 0 Å². The van der Waals surface area contributed by atoms with E-state index in [0.717, 1.165) is 19.3 Å². The smallest absolute Gasteiger partial charge is 0.262 e. The Morgan fingerprint density at radius 2 is 2.00 bits per heavy atom. The second-order valence-corrected chi connectivity index (χ2v) is 5.37. The molecule has 0 aromatic heterocycles. The molecule has 5 nitrogen and oxygen atoms in total. The summed E-state index contributed by atoms with van der Waals surface area (Å²) >= 11 is 0. The number of methoxy groups -OCH3 is 1. The maximum absolute atomic E-state index is 12.5. The molecule has 0 N–H and O–H groups in total. The van der Waals surface area contributed by atoms with Gasteiger partial charge in [0, 0.05) is 25.0 Å². The Morgan fingerprint density at radius 3 is 2.64 bits per heavy atom. The van der Waals surface area contributed by atoms with Gasteiger partial charge in [0.05, 0.1) is 7.11 Å². The lowest BCUT2D eigenvalue weighted by molar-refractivity contribution is -0.131. The zero-order chi connectivity index (χ0) is 15.9. The normalized spacial score (nSPS) is 17.8. The topological polar surface area (TPSA) is 55.8 Å². The van der Waals surface area contributed by atoms with Crippen molar-refractivity contribution < 1.29 is 19.1 Å². The van der Waals surface area contributed by atoms with Crippen LogP contribution in [0, 0.1) is 0 Å². The van der Waals surface area contributed by atoms with Crippen LogP contribution in [0.15, 0.2) is 24.3 Å². The van der Waals surface area contributed by atoms with Gasteiger partial charge in [-0.15, -0.1) is 0 Å². The number of carbonyl (C=O) groups is 2. The van der Waals surface area contributed by atoms with Crippen LogP contribution < -0.4 is 4.74 Å². The Bertz CT molecular complexity index is 512. The van der Waals surface area contributed by atoms with Gasteiger partial charge in [0.2, 0.25) is 5.91 Å². The second-order valence-electron chi connectivity index (χ2n) is 5.37. The first-order chi connectivity index (χ1) is 10.7. The Morgan fingerprint density at radius 1 is 1.27 bits per heavy atom. The SMILES string of the molecule is CCCCCOC1CCC(=O)N1C(=O)c1ccc(OC)cc1. The molecular formula is C17H23NO4. The lowest BCUT2D eigenvalue weighted by atomic mass is 10.2. The zero-order valence-electron chi connectivity index (χ0n) is 13.2. The van der Waals surface area contributed by atoms with Gasteiger partial charge >= 0.3 is 0 Å². The molecule has 1 unspecified atom stereocenters. The first-order valence-electron chi connectivity index (χ1n) is 7.79. The summed E-state index contributed by atoms with van der Waals surface area (Å²) in [6.07, 6.45) is 3.66. The molecule has 0 saturated carbocycles. The molecular weight excluding hydrogens is 282 g/mol. The van der Waals surface area contributed by atoms with Crippen molar-refractivity contribution in [2.45, 2.75) is 45.3 Å². The van der Waals surface area contributed by atoms with Crippen molar-refractivity contribution in [1.82, 2.24) is 4.90 Å². The van der Waals surface area contributed by atoms with Crippen molar-refractivity contribution in [3.8, 4) is 5.75 Å². The summed E-state index contributed by atoms with van der Waals surface area (Å²) in [5.74, 6) is 0.212. The molecule has 2 amide bonds. The van der Waals surface area contributed by atoms with Gasteiger partial charge in [-0.3, -0.25) is 14.5 Å². The van der Waals surface area contributed by atoms with E-state index in [0.29, 0.717) is 30.8 Å². The zero-order valence-corrected chi connectivity index (χ0v) is 13.2. The highest BCUT2D eigenvalue weighted by molar-refractivity contribution is 6.05. The van der Waals surface area contributed by atoms with Crippen LogP contribution in [0.4, 0.5) is 0 Å². The highest BCUT2D eigenvalue weighted by Gasteiger charge is 2.36. The maximum Gasteiger partial charge on any atom is 0.262 e. The average Bonchev–Trinajstić information content (AvgIpc) is 2.92. The standard InChI is InChI=1S/C17H23NO4/c1-3-4-5-12-22-16-11-10-15(19)18(16)17(20)13-6-8-14(21-2)9-7-13/h6-9,16H,3-5,10-12H2,1-2H3. The molecule has 22 heavy (non-hydrogen) atoms. The summed E-state index contributed by atoms with van der Waals surface area (Å²) in [7, 11) is 1.57. The van der Waals surface area contributed by atoms with E-state index in [9.17, 15) is 9.59 Å². The third-order valence-electron chi connectivity index (χ3n) is 3.78. The summed E-state index contributed by atoms with van der Waals surface area (Å²) in [5, 5.41) is 0. The molecule has 2 rings (SSSR count). The molecule has 1 aliphatic heterocycles. The van der Waals surface area contributed by atoms with Gasteiger partial charge in [-0.05, 0) is 30.7 Å². The van der Waals surface area contributed by atoms with E-state index in [2.05, 4.69) is 6.92 Å². The third kappa shape index (κ3) is 3.85. The summed E-state index contributed by atoms with van der Waals surface area (Å²) in [6, 6.07) is 6.76. The van der Waals surface area contributed by atoms with Gasteiger partial charge in [0.25, 0.3) is 5.91 Å². The van der Waals surface area contributed by atoms with Gasteiger partial charge in [-0.1, -0.05) is 19.8 Å². The van der Waals surface area contributed by atoms with Gasteiger partial charge in [-0.25, -0.2) is 0 Å². The number of carbonyl (C=O) groups excluding carboxylic acids is 2. The highest BCUT2D eigenvalue weighted by atomic mass is 16.5. The van der Waals surface area contributed by atoms with Crippen LogP contribution in [0.1, 0.15) is 49.4 Å². The first-order valence-corrected chi connectivity index (χ1v) is 7.79. The summed E-state index contributed by atoms with van der Waals surface area (Å²) < 4.78 is 10.8. The van der Waals surface area contributed by atoms with Crippen LogP contribution in [0.5, 0.6) is 5.75 Å². The van der Waals surface area contributed by atoms with Crippen molar-refractivity contribution in [1.29, 1.82) is 0 Å². The van der Waals surface area contributed by atoms with Gasteiger partial charge in [0.1, 0.15) is 12.0 Å². The fourth-order valence-electron chi connectivity index (χ4n) is 2.50. The predicted molar refractivity (Wildman–Crippen MR) is 82.7 cm³/mol. The molecule has 1 aliphatic rings. The Labute approximate surface area is 131 Å². The number of rotatable bonds is 7. The number of hydrogen-bond acceptors (Lipinski definition) is 4.